The molecule has 0 radical (unpaired) electrons. The third-order valence-electron chi connectivity index (χ3n) is 5.58. The molecule has 1 fully saturated rings. The van der Waals surface area contributed by atoms with Crippen LogP contribution >= 0.6 is 0 Å². The Morgan fingerprint density at radius 3 is 2.28 bits per heavy atom. The number of amides is 2. The van der Waals surface area contributed by atoms with E-state index in [1.54, 1.807) is 32.3 Å². The van der Waals surface area contributed by atoms with E-state index in [1.807, 2.05) is 37.3 Å². The maximum absolute atomic E-state index is 13.4. The Kier molecular flexibility index (Phi) is 5.50. The number of carbonyl (C=O) groups is 2. The van der Waals surface area contributed by atoms with Gasteiger partial charge in [0.25, 0.3) is 17.5 Å². The van der Waals surface area contributed by atoms with E-state index in [0.29, 0.717) is 12.8 Å². The van der Waals surface area contributed by atoms with Crippen LogP contribution in [-0.2, 0) is 16.0 Å². The molecule has 1 saturated heterocycles. The average Bonchev–Trinajstić information content (AvgIpc) is 2.74. The van der Waals surface area contributed by atoms with Crippen LogP contribution in [-0.4, -0.2) is 46.2 Å². The fourth-order valence-electron chi connectivity index (χ4n) is 3.80. The number of nitro groups is 1. The lowest BCUT2D eigenvalue weighted by atomic mass is 9.83. The van der Waals surface area contributed by atoms with Crippen molar-refractivity contribution in [3.8, 4) is 0 Å². The van der Waals surface area contributed by atoms with Gasteiger partial charge in [0.05, 0.1) is 10.5 Å². The number of piperazine rings is 1. The molecule has 7 heteroatoms. The van der Waals surface area contributed by atoms with Crippen LogP contribution in [0.1, 0.15) is 24.5 Å². The van der Waals surface area contributed by atoms with Gasteiger partial charge < -0.3 is 9.80 Å². The zero-order valence-electron chi connectivity index (χ0n) is 16.7. The van der Waals surface area contributed by atoms with Gasteiger partial charge in [-0.25, -0.2) is 0 Å². The van der Waals surface area contributed by atoms with Crippen molar-refractivity contribution in [3.05, 3.63) is 81.5 Å². The van der Waals surface area contributed by atoms with Crippen molar-refractivity contribution < 1.29 is 14.5 Å². The first kappa shape index (κ1) is 20.3. The molecule has 7 nitrogen and oxygen atoms in total. The van der Waals surface area contributed by atoms with Crippen molar-refractivity contribution in [3.63, 3.8) is 0 Å². The summed E-state index contributed by atoms with van der Waals surface area (Å²) in [5, 5.41) is 11.3. The largest absolute Gasteiger partial charge is 0.325 e. The molecule has 1 unspecified atom stereocenters. The van der Waals surface area contributed by atoms with Crippen LogP contribution in [0.4, 0.5) is 5.69 Å². The standard InChI is InChI=1S/C22H23N3O4/c1-4-22(15-16-10-6-5-7-11-16)21(27)23(2)19(20(26)24(22)3)14-17-12-8-9-13-18(17)25(28)29/h5-14H,4,15H2,1-3H3. The van der Waals surface area contributed by atoms with Gasteiger partial charge >= 0.3 is 0 Å². The van der Waals surface area contributed by atoms with Crippen LogP contribution in [0, 0.1) is 10.1 Å². The Hall–Kier alpha value is -3.48. The van der Waals surface area contributed by atoms with E-state index in [1.165, 1.54) is 21.9 Å². The molecular formula is C22H23N3O4. The molecule has 1 heterocycles. The highest BCUT2D eigenvalue weighted by Crippen LogP contribution is 2.34. The second-order valence-corrected chi connectivity index (χ2v) is 7.12. The van der Waals surface area contributed by atoms with Gasteiger partial charge in [0, 0.05) is 26.6 Å². The van der Waals surface area contributed by atoms with E-state index in [0.717, 1.165) is 5.56 Å². The first-order chi connectivity index (χ1) is 13.8. The smallest absolute Gasteiger partial charge is 0.276 e. The van der Waals surface area contributed by atoms with Crippen molar-refractivity contribution >= 4 is 23.6 Å². The minimum atomic E-state index is -1.01. The minimum Gasteiger partial charge on any atom is -0.325 e. The fourth-order valence-corrected chi connectivity index (χ4v) is 3.80. The molecule has 29 heavy (non-hydrogen) atoms. The molecule has 1 aliphatic rings. The summed E-state index contributed by atoms with van der Waals surface area (Å²) in [6.45, 7) is 1.88. The summed E-state index contributed by atoms with van der Waals surface area (Å²) < 4.78 is 0. The normalized spacial score (nSPS) is 21.0. The highest BCUT2D eigenvalue weighted by Gasteiger charge is 2.50. The number of carbonyl (C=O) groups excluding carboxylic acids is 2. The van der Waals surface area contributed by atoms with Crippen molar-refractivity contribution in [1.82, 2.24) is 9.80 Å². The molecule has 1 aliphatic heterocycles. The third-order valence-corrected chi connectivity index (χ3v) is 5.58. The molecule has 0 aromatic heterocycles. The number of nitro benzene ring substituents is 1. The predicted octanol–water partition coefficient (Wildman–Crippen LogP) is 3.26. The molecule has 0 saturated carbocycles. The van der Waals surface area contributed by atoms with Gasteiger partial charge in [-0.15, -0.1) is 0 Å². The number of benzene rings is 2. The van der Waals surface area contributed by atoms with Crippen molar-refractivity contribution in [2.75, 3.05) is 14.1 Å². The van der Waals surface area contributed by atoms with Gasteiger partial charge in [-0.3, -0.25) is 19.7 Å². The zero-order chi connectivity index (χ0) is 21.2. The monoisotopic (exact) mass is 393 g/mol. The Balaban J connectivity index is 2.04. The maximum Gasteiger partial charge on any atom is 0.276 e. The highest BCUT2D eigenvalue weighted by molar-refractivity contribution is 6.09. The van der Waals surface area contributed by atoms with Crippen molar-refractivity contribution in [1.29, 1.82) is 0 Å². The lowest BCUT2D eigenvalue weighted by molar-refractivity contribution is -0.385. The molecule has 0 spiro atoms. The number of hydrogen-bond donors (Lipinski definition) is 0. The second kappa shape index (κ2) is 7.87. The van der Waals surface area contributed by atoms with Gasteiger partial charge in [-0.2, -0.15) is 0 Å². The summed E-state index contributed by atoms with van der Waals surface area (Å²) in [5.74, 6) is -0.557. The molecule has 1 atom stereocenters. The number of nitrogens with zero attached hydrogens (tertiary/aromatic N) is 3. The Labute approximate surface area is 169 Å². The number of likely N-dealkylation sites (N-methyl/N-ethyl adjacent to an activating group) is 2. The van der Waals surface area contributed by atoms with Gasteiger partial charge in [0.2, 0.25) is 0 Å². The summed E-state index contributed by atoms with van der Waals surface area (Å²) in [7, 11) is 3.16. The molecule has 150 valence electrons. The molecule has 2 amide bonds. The van der Waals surface area contributed by atoms with Gasteiger partial charge in [-0.1, -0.05) is 49.4 Å². The van der Waals surface area contributed by atoms with Gasteiger partial charge in [0.1, 0.15) is 11.2 Å². The SMILES string of the molecule is CCC1(Cc2ccccc2)C(=O)N(C)C(=Cc2ccccc2[N+](=O)[O-])C(=O)N1C. The summed E-state index contributed by atoms with van der Waals surface area (Å²) in [6.07, 6.45) is 2.26. The van der Waals surface area contributed by atoms with E-state index in [4.69, 9.17) is 0 Å². The Morgan fingerprint density at radius 1 is 1.03 bits per heavy atom. The summed E-state index contributed by atoms with van der Waals surface area (Å²) in [5.41, 5.74) is 0.229. The second-order valence-electron chi connectivity index (χ2n) is 7.12. The van der Waals surface area contributed by atoms with Crippen LogP contribution in [0.25, 0.3) is 6.08 Å². The molecule has 0 bridgehead atoms. The van der Waals surface area contributed by atoms with Crippen LogP contribution in [0.15, 0.2) is 60.3 Å². The average molecular weight is 393 g/mol. The summed E-state index contributed by atoms with van der Waals surface area (Å²) >= 11 is 0. The number of hydrogen-bond acceptors (Lipinski definition) is 4. The quantitative estimate of drug-likeness (QED) is 0.443. The molecule has 2 aromatic rings. The maximum atomic E-state index is 13.4. The van der Waals surface area contributed by atoms with Gasteiger partial charge in [0.15, 0.2) is 0 Å². The van der Waals surface area contributed by atoms with Crippen LogP contribution in [0.3, 0.4) is 0 Å². The van der Waals surface area contributed by atoms with Crippen LogP contribution < -0.4 is 0 Å². The summed E-state index contributed by atoms with van der Waals surface area (Å²) in [4.78, 5) is 40.2. The number of para-hydroxylation sites is 1. The van der Waals surface area contributed by atoms with Crippen LogP contribution in [0.2, 0.25) is 0 Å². The zero-order valence-corrected chi connectivity index (χ0v) is 16.7. The van der Waals surface area contributed by atoms with E-state index >= 15 is 0 Å². The molecule has 3 rings (SSSR count). The molecule has 2 aromatic carbocycles. The number of rotatable bonds is 5. The first-order valence-corrected chi connectivity index (χ1v) is 9.37. The summed E-state index contributed by atoms with van der Waals surface area (Å²) in [6, 6.07) is 15.7. The Bertz CT molecular complexity index is 987. The lowest BCUT2D eigenvalue weighted by Crippen LogP contribution is -2.65. The minimum absolute atomic E-state index is 0.115. The van der Waals surface area contributed by atoms with Crippen LogP contribution in [0.5, 0.6) is 0 Å². The van der Waals surface area contributed by atoms with Crippen molar-refractivity contribution in [2.24, 2.45) is 0 Å². The van der Waals surface area contributed by atoms with E-state index in [-0.39, 0.29) is 28.8 Å². The van der Waals surface area contributed by atoms with Gasteiger partial charge in [-0.05, 0) is 24.1 Å². The van der Waals surface area contributed by atoms with E-state index < -0.39 is 10.5 Å². The highest BCUT2D eigenvalue weighted by atomic mass is 16.6. The first-order valence-electron chi connectivity index (χ1n) is 9.37. The lowest BCUT2D eigenvalue weighted by Gasteiger charge is -2.47. The molecule has 0 aliphatic carbocycles. The molecule has 0 N–H and O–H groups in total. The van der Waals surface area contributed by atoms with E-state index in [2.05, 4.69) is 0 Å². The molecular weight excluding hydrogens is 370 g/mol. The van der Waals surface area contributed by atoms with E-state index in [9.17, 15) is 19.7 Å². The fraction of sp³-hybridized carbons (Fsp3) is 0.273. The Morgan fingerprint density at radius 2 is 1.66 bits per heavy atom. The van der Waals surface area contributed by atoms with Crippen molar-refractivity contribution in [2.45, 2.75) is 25.3 Å². The predicted molar refractivity (Wildman–Crippen MR) is 110 cm³/mol. The third kappa shape index (κ3) is 3.51. The topological polar surface area (TPSA) is 83.8 Å².